The summed E-state index contributed by atoms with van der Waals surface area (Å²) in [6.07, 6.45) is 4.95. The smallest absolute Gasteiger partial charge is 0.201 e. The second-order valence-electron chi connectivity index (χ2n) is 3.89. The van der Waals surface area contributed by atoms with E-state index in [1.165, 1.54) is 6.08 Å². The zero-order chi connectivity index (χ0) is 13.7. The molecule has 0 atom stereocenters. The number of hydrogen-bond acceptors (Lipinski definition) is 3. The van der Waals surface area contributed by atoms with Crippen LogP contribution in [0.4, 0.5) is 0 Å². The van der Waals surface area contributed by atoms with Crippen LogP contribution in [0.3, 0.4) is 0 Å². The second kappa shape index (κ2) is 5.91. The van der Waals surface area contributed by atoms with E-state index in [0.717, 1.165) is 5.56 Å². The van der Waals surface area contributed by atoms with Crippen molar-refractivity contribution in [2.24, 2.45) is 0 Å². The third-order valence-electron chi connectivity index (χ3n) is 2.72. The summed E-state index contributed by atoms with van der Waals surface area (Å²) in [5, 5.41) is 0. The van der Waals surface area contributed by atoms with Gasteiger partial charge in [0.15, 0.2) is 0 Å². The molecule has 0 bridgehead atoms. The topological polar surface area (TPSA) is 51.3 Å². The van der Waals surface area contributed by atoms with Crippen LogP contribution in [0.2, 0.25) is 0 Å². The summed E-state index contributed by atoms with van der Waals surface area (Å²) in [4.78, 5) is 14.7. The number of carbonyl (C=O) groups excluding carboxylic acids is 1. The Kier molecular flexibility index (Phi) is 4.03. The van der Waals surface area contributed by atoms with Gasteiger partial charge in [0.25, 0.3) is 0 Å². The van der Waals surface area contributed by atoms with Crippen molar-refractivity contribution in [3.05, 3.63) is 53.9 Å². The Hall–Kier alpha value is -2.49. The van der Waals surface area contributed by atoms with E-state index in [-0.39, 0.29) is 5.78 Å². The van der Waals surface area contributed by atoms with Crippen molar-refractivity contribution < 1.29 is 14.3 Å². The molecule has 1 aromatic heterocycles. The maximum Gasteiger partial charge on any atom is 0.201 e. The first-order valence-electron chi connectivity index (χ1n) is 5.82. The Morgan fingerprint density at radius 1 is 1.21 bits per heavy atom. The van der Waals surface area contributed by atoms with Crippen molar-refractivity contribution in [1.29, 1.82) is 0 Å². The number of aromatic amines is 1. The first kappa shape index (κ1) is 13.0. The van der Waals surface area contributed by atoms with Crippen LogP contribution in [-0.2, 0) is 0 Å². The minimum Gasteiger partial charge on any atom is -0.497 e. The molecule has 0 unspecified atom stereocenters. The lowest BCUT2D eigenvalue weighted by Crippen LogP contribution is -1.94. The molecule has 0 fully saturated rings. The highest BCUT2D eigenvalue weighted by atomic mass is 16.5. The predicted octanol–water partition coefficient (Wildman–Crippen LogP) is 2.93. The molecule has 0 radical (unpaired) electrons. The van der Waals surface area contributed by atoms with E-state index in [9.17, 15) is 4.79 Å². The molecule has 1 heterocycles. The molecule has 0 saturated carbocycles. The molecule has 98 valence electrons. The average molecular weight is 257 g/mol. The number of benzene rings is 1. The minimum absolute atomic E-state index is 0.0807. The number of nitrogens with one attached hydrogen (secondary N) is 1. The number of H-pyrrole nitrogens is 1. The zero-order valence-corrected chi connectivity index (χ0v) is 10.8. The number of carbonyl (C=O) groups is 1. The number of methoxy groups -OCH3 is 2. The van der Waals surface area contributed by atoms with E-state index in [1.807, 2.05) is 12.1 Å². The number of ether oxygens (including phenoxy) is 2. The van der Waals surface area contributed by atoms with Gasteiger partial charge >= 0.3 is 0 Å². The van der Waals surface area contributed by atoms with Gasteiger partial charge in [0, 0.05) is 17.8 Å². The lowest BCUT2D eigenvalue weighted by Gasteiger charge is -2.07. The highest BCUT2D eigenvalue weighted by molar-refractivity contribution is 6.05. The molecule has 0 aliphatic heterocycles. The van der Waals surface area contributed by atoms with Crippen molar-refractivity contribution >= 4 is 11.9 Å². The summed E-state index contributed by atoms with van der Waals surface area (Å²) in [5.74, 6) is 1.29. The lowest BCUT2D eigenvalue weighted by molar-refractivity contribution is 0.104. The normalized spacial score (nSPS) is 10.6. The molecule has 0 saturated heterocycles. The van der Waals surface area contributed by atoms with Gasteiger partial charge in [-0.25, -0.2) is 0 Å². The molecule has 0 aliphatic rings. The van der Waals surface area contributed by atoms with Gasteiger partial charge in [-0.15, -0.1) is 0 Å². The van der Waals surface area contributed by atoms with E-state index in [1.54, 1.807) is 44.7 Å². The summed E-state index contributed by atoms with van der Waals surface area (Å²) in [5.41, 5.74) is 1.38. The van der Waals surface area contributed by atoms with Crippen molar-refractivity contribution in [2.45, 2.75) is 0 Å². The van der Waals surface area contributed by atoms with Crippen LogP contribution in [0.25, 0.3) is 6.08 Å². The van der Waals surface area contributed by atoms with Gasteiger partial charge in [-0.2, -0.15) is 0 Å². The molecule has 2 aromatic rings. The third kappa shape index (κ3) is 3.04. The number of allylic oxidation sites excluding steroid dienone is 1. The summed E-state index contributed by atoms with van der Waals surface area (Å²) < 4.78 is 10.4. The molecule has 4 heteroatoms. The van der Waals surface area contributed by atoms with Crippen LogP contribution in [0.15, 0.2) is 42.6 Å². The molecule has 0 aliphatic carbocycles. The molecule has 19 heavy (non-hydrogen) atoms. The summed E-state index contributed by atoms with van der Waals surface area (Å²) >= 11 is 0. The fourth-order valence-corrected chi connectivity index (χ4v) is 1.69. The second-order valence-corrected chi connectivity index (χ2v) is 3.89. The van der Waals surface area contributed by atoms with Gasteiger partial charge in [0.2, 0.25) is 5.78 Å². The standard InChI is InChI=1S/C15H15NO3/c1-18-12-7-5-11(15(10-12)19-2)6-8-14(17)13-4-3-9-16-13/h3-10,16H,1-2H3/b8-6+. The predicted molar refractivity (Wildman–Crippen MR) is 73.7 cm³/mol. The molecule has 1 N–H and O–H groups in total. The number of hydrogen-bond donors (Lipinski definition) is 1. The monoisotopic (exact) mass is 257 g/mol. The van der Waals surface area contributed by atoms with E-state index >= 15 is 0 Å². The van der Waals surface area contributed by atoms with Crippen molar-refractivity contribution in [3.63, 3.8) is 0 Å². The van der Waals surface area contributed by atoms with Crippen LogP contribution in [0.5, 0.6) is 11.5 Å². The Bertz CT molecular complexity index is 585. The fraction of sp³-hybridized carbons (Fsp3) is 0.133. The summed E-state index contributed by atoms with van der Waals surface area (Å²) in [6.45, 7) is 0. The lowest BCUT2D eigenvalue weighted by atomic mass is 10.1. The van der Waals surface area contributed by atoms with Crippen molar-refractivity contribution in [3.8, 4) is 11.5 Å². The summed E-state index contributed by atoms with van der Waals surface area (Å²) in [7, 11) is 3.18. The number of aromatic nitrogens is 1. The molecule has 4 nitrogen and oxygen atoms in total. The van der Waals surface area contributed by atoms with Crippen LogP contribution < -0.4 is 9.47 Å². The largest absolute Gasteiger partial charge is 0.497 e. The van der Waals surface area contributed by atoms with E-state index in [2.05, 4.69) is 4.98 Å². The van der Waals surface area contributed by atoms with Crippen LogP contribution >= 0.6 is 0 Å². The van der Waals surface area contributed by atoms with E-state index in [0.29, 0.717) is 17.2 Å². The fourth-order valence-electron chi connectivity index (χ4n) is 1.69. The van der Waals surface area contributed by atoms with Gasteiger partial charge in [0.1, 0.15) is 11.5 Å². The SMILES string of the molecule is COc1ccc(/C=C/C(=O)c2ccc[nH]2)c(OC)c1. The molecule has 2 rings (SSSR count). The van der Waals surface area contributed by atoms with Crippen molar-refractivity contribution in [2.75, 3.05) is 14.2 Å². The zero-order valence-electron chi connectivity index (χ0n) is 10.8. The first-order chi connectivity index (χ1) is 9.24. The van der Waals surface area contributed by atoms with Crippen LogP contribution in [-0.4, -0.2) is 25.0 Å². The van der Waals surface area contributed by atoms with Gasteiger partial charge in [-0.3, -0.25) is 4.79 Å². The molecular formula is C15H15NO3. The van der Waals surface area contributed by atoms with Gasteiger partial charge < -0.3 is 14.5 Å². The Labute approximate surface area is 111 Å². The maximum absolute atomic E-state index is 11.8. The van der Waals surface area contributed by atoms with Crippen LogP contribution in [0.1, 0.15) is 16.1 Å². The molecule has 0 amide bonds. The van der Waals surface area contributed by atoms with Gasteiger partial charge in [-0.05, 0) is 36.4 Å². The van der Waals surface area contributed by atoms with E-state index < -0.39 is 0 Å². The van der Waals surface area contributed by atoms with Gasteiger partial charge in [-0.1, -0.05) is 0 Å². The van der Waals surface area contributed by atoms with E-state index in [4.69, 9.17) is 9.47 Å². The number of ketones is 1. The number of rotatable bonds is 5. The summed E-state index contributed by atoms with van der Waals surface area (Å²) in [6, 6.07) is 8.96. The first-order valence-corrected chi connectivity index (χ1v) is 5.82. The molecule has 1 aromatic carbocycles. The Balaban J connectivity index is 2.21. The highest BCUT2D eigenvalue weighted by Crippen LogP contribution is 2.25. The average Bonchev–Trinajstić information content (AvgIpc) is 2.98. The quantitative estimate of drug-likeness (QED) is 0.662. The minimum atomic E-state index is -0.0807. The van der Waals surface area contributed by atoms with Crippen molar-refractivity contribution in [1.82, 2.24) is 4.98 Å². The Morgan fingerprint density at radius 3 is 2.68 bits per heavy atom. The van der Waals surface area contributed by atoms with Crippen LogP contribution in [0, 0.1) is 0 Å². The Morgan fingerprint density at radius 2 is 2.05 bits per heavy atom. The molecular weight excluding hydrogens is 242 g/mol. The molecule has 0 spiro atoms. The highest BCUT2D eigenvalue weighted by Gasteiger charge is 2.04. The third-order valence-corrected chi connectivity index (χ3v) is 2.72. The maximum atomic E-state index is 11.8. The van der Waals surface area contributed by atoms with Gasteiger partial charge in [0.05, 0.1) is 19.9 Å².